The molecule has 0 aromatic carbocycles. The van der Waals surface area contributed by atoms with Crippen molar-refractivity contribution >= 4 is 0 Å². The standard InChI is InChI=1S/C7H9N/c1-2-7-4-3-5-8-6-7/h3-6H,2H2,1H3/p+1. The molecular formula is C7H10N+. The topological polar surface area (TPSA) is 14.1 Å². The number of hydrogen-bond acceptors (Lipinski definition) is 0. The largest absolute Gasteiger partial charge is 0.218 e. The number of nitrogens with one attached hydrogen (secondary N) is 1. The number of hydrogen-bond donors (Lipinski definition) is 0. The SMILES string of the molecule is CCc1ccc[nH+]c1. The van der Waals surface area contributed by atoms with E-state index in [0.29, 0.717) is 0 Å². The zero-order valence-corrected chi connectivity index (χ0v) is 5.02. The third-order valence-corrected chi connectivity index (χ3v) is 1.18. The van der Waals surface area contributed by atoms with Gasteiger partial charge in [0.25, 0.3) is 0 Å². The molecule has 1 rings (SSSR count). The van der Waals surface area contributed by atoms with Crippen molar-refractivity contribution in [2.75, 3.05) is 0 Å². The van der Waals surface area contributed by atoms with Crippen LogP contribution in [-0.4, -0.2) is 0 Å². The molecule has 0 radical (unpaired) electrons. The second-order valence-electron chi connectivity index (χ2n) is 1.77. The highest BCUT2D eigenvalue weighted by molar-refractivity contribution is 5.03. The molecular weight excluding hydrogens is 98.1 g/mol. The second-order valence-corrected chi connectivity index (χ2v) is 1.77. The molecule has 0 saturated carbocycles. The Labute approximate surface area is 49.4 Å². The van der Waals surface area contributed by atoms with Crippen LogP contribution in [0.5, 0.6) is 0 Å². The maximum Gasteiger partial charge on any atom is 0.170 e. The van der Waals surface area contributed by atoms with E-state index in [9.17, 15) is 0 Å². The number of aromatic nitrogens is 1. The van der Waals surface area contributed by atoms with Crippen molar-refractivity contribution in [2.45, 2.75) is 13.3 Å². The molecule has 1 aromatic heterocycles. The van der Waals surface area contributed by atoms with Gasteiger partial charge < -0.3 is 0 Å². The van der Waals surface area contributed by atoms with Crippen molar-refractivity contribution in [2.24, 2.45) is 0 Å². The van der Waals surface area contributed by atoms with Crippen LogP contribution < -0.4 is 4.98 Å². The van der Waals surface area contributed by atoms with Crippen LogP contribution in [-0.2, 0) is 6.42 Å². The number of H-pyrrole nitrogens is 1. The van der Waals surface area contributed by atoms with Gasteiger partial charge in [-0.05, 0) is 12.5 Å². The first-order chi connectivity index (χ1) is 3.93. The van der Waals surface area contributed by atoms with Crippen LogP contribution in [0, 0.1) is 0 Å². The van der Waals surface area contributed by atoms with E-state index in [0.717, 1.165) is 6.42 Å². The monoisotopic (exact) mass is 108 g/mol. The van der Waals surface area contributed by atoms with Gasteiger partial charge in [-0.1, -0.05) is 6.92 Å². The summed E-state index contributed by atoms with van der Waals surface area (Å²) >= 11 is 0. The van der Waals surface area contributed by atoms with Gasteiger partial charge >= 0.3 is 0 Å². The fraction of sp³-hybridized carbons (Fsp3) is 0.286. The van der Waals surface area contributed by atoms with Crippen molar-refractivity contribution in [1.82, 2.24) is 0 Å². The average Bonchev–Trinajstić information content (AvgIpc) is 1.90. The van der Waals surface area contributed by atoms with Crippen LogP contribution in [0.2, 0.25) is 0 Å². The van der Waals surface area contributed by atoms with Gasteiger partial charge in [0.2, 0.25) is 0 Å². The number of pyridine rings is 1. The average molecular weight is 108 g/mol. The van der Waals surface area contributed by atoms with Crippen molar-refractivity contribution in [3.05, 3.63) is 30.1 Å². The van der Waals surface area contributed by atoms with Gasteiger partial charge in [-0.3, -0.25) is 0 Å². The third-order valence-electron chi connectivity index (χ3n) is 1.18. The van der Waals surface area contributed by atoms with Crippen molar-refractivity contribution in [3.8, 4) is 0 Å². The lowest BCUT2D eigenvalue weighted by atomic mass is 10.2. The number of rotatable bonds is 1. The summed E-state index contributed by atoms with van der Waals surface area (Å²) in [7, 11) is 0. The molecule has 1 heterocycles. The Bertz CT molecular complexity index is 146. The fourth-order valence-corrected chi connectivity index (χ4v) is 0.650. The predicted molar refractivity (Wildman–Crippen MR) is 32.4 cm³/mol. The first-order valence-electron chi connectivity index (χ1n) is 2.88. The predicted octanol–water partition coefficient (Wildman–Crippen LogP) is 1.06. The molecule has 0 aliphatic heterocycles. The lowest BCUT2D eigenvalue weighted by molar-refractivity contribution is -0.378. The summed E-state index contributed by atoms with van der Waals surface area (Å²) in [6.45, 7) is 2.14. The number of aryl methyl sites for hydroxylation is 1. The van der Waals surface area contributed by atoms with E-state index < -0.39 is 0 Å². The summed E-state index contributed by atoms with van der Waals surface area (Å²) in [6, 6.07) is 4.12. The minimum atomic E-state index is 1.11. The van der Waals surface area contributed by atoms with E-state index in [1.54, 1.807) is 0 Å². The van der Waals surface area contributed by atoms with Crippen molar-refractivity contribution in [1.29, 1.82) is 0 Å². The van der Waals surface area contributed by atoms with E-state index in [4.69, 9.17) is 0 Å². The highest BCUT2D eigenvalue weighted by atomic mass is 14.6. The zero-order valence-electron chi connectivity index (χ0n) is 5.02. The van der Waals surface area contributed by atoms with Gasteiger partial charge in [-0.2, -0.15) is 0 Å². The van der Waals surface area contributed by atoms with Crippen LogP contribution in [0.3, 0.4) is 0 Å². The second kappa shape index (κ2) is 2.46. The molecule has 0 amide bonds. The normalized spacial score (nSPS) is 9.12. The highest BCUT2D eigenvalue weighted by Crippen LogP contribution is 1.91. The van der Waals surface area contributed by atoms with E-state index in [1.165, 1.54) is 5.56 Å². The Morgan fingerprint density at radius 3 is 2.88 bits per heavy atom. The Kier molecular flexibility index (Phi) is 1.62. The van der Waals surface area contributed by atoms with Gasteiger partial charge in [0.05, 0.1) is 0 Å². The summed E-state index contributed by atoms with van der Waals surface area (Å²) in [5.74, 6) is 0. The molecule has 0 unspecified atom stereocenters. The molecule has 1 aromatic rings. The molecule has 42 valence electrons. The molecule has 1 N–H and O–H groups in total. The Balaban J connectivity index is 2.83. The minimum Gasteiger partial charge on any atom is -0.218 e. The fourth-order valence-electron chi connectivity index (χ4n) is 0.650. The first kappa shape index (κ1) is 5.29. The zero-order chi connectivity index (χ0) is 5.82. The first-order valence-corrected chi connectivity index (χ1v) is 2.88. The molecule has 1 nitrogen and oxygen atoms in total. The van der Waals surface area contributed by atoms with Crippen molar-refractivity contribution in [3.63, 3.8) is 0 Å². The van der Waals surface area contributed by atoms with Gasteiger partial charge in [0.15, 0.2) is 12.4 Å². The van der Waals surface area contributed by atoms with Crippen LogP contribution in [0.25, 0.3) is 0 Å². The lowest BCUT2D eigenvalue weighted by Gasteiger charge is -1.84. The van der Waals surface area contributed by atoms with Crippen LogP contribution in [0.1, 0.15) is 12.5 Å². The van der Waals surface area contributed by atoms with Crippen LogP contribution in [0.15, 0.2) is 24.5 Å². The highest BCUT2D eigenvalue weighted by Gasteiger charge is 1.86. The van der Waals surface area contributed by atoms with E-state index in [-0.39, 0.29) is 0 Å². The molecule has 0 atom stereocenters. The summed E-state index contributed by atoms with van der Waals surface area (Å²) in [6.07, 6.45) is 5.04. The van der Waals surface area contributed by atoms with E-state index in [2.05, 4.69) is 18.0 Å². The van der Waals surface area contributed by atoms with Gasteiger partial charge in [-0.25, -0.2) is 4.98 Å². The van der Waals surface area contributed by atoms with Gasteiger partial charge in [0.1, 0.15) is 0 Å². The van der Waals surface area contributed by atoms with Gasteiger partial charge in [-0.15, -0.1) is 0 Å². The molecule has 8 heavy (non-hydrogen) atoms. The molecule has 0 fully saturated rings. The Morgan fingerprint density at radius 2 is 2.50 bits per heavy atom. The molecule has 0 saturated heterocycles. The maximum absolute atomic E-state index is 3.01. The molecule has 0 aliphatic rings. The van der Waals surface area contributed by atoms with Crippen LogP contribution in [0.4, 0.5) is 0 Å². The minimum absolute atomic E-state index is 1.11. The van der Waals surface area contributed by atoms with E-state index in [1.807, 2.05) is 18.5 Å². The molecule has 0 bridgehead atoms. The van der Waals surface area contributed by atoms with Gasteiger partial charge in [0, 0.05) is 11.6 Å². The quantitative estimate of drug-likeness (QED) is 0.511. The Morgan fingerprint density at radius 1 is 1.62 bits per heavy atom. The maximum atomic E-state index is 3.01. The smallest absolute Gasteiger partial charge is 0.170 e. The third kappa shape index (κ3) is 1.06. The summed E-state index contributed by atoms with van der Waals surface area (Å²) in [4.78, 5) is 3.01. The summed E-state index contributed by atoms with van der Waals surface area (Å²) in [5.41, 5.74) is 1.35. The van der Waals surface area contributed by atoms with E-state index >= 15 is 0 Å². The lowest BCUT2D eigenvalue weighted by Crippen LogP contribution is -1.99. The summed E-state index contributed by atoms with van der Waals surface area (Å²) < 4.78 is 0. The molecule has 0 aliphatic carbocycles. The van der Waals surface area contributed by atoms with Crippen LogP contribution >= 0.6 is 0 Å². The molecule has 1 heteroatoms. The number of aromatic amines is 1. The Hall–Kier alpha value is -0.850. The molecule has 0 spiro atoms. The summed E-state index contributed by atoms with van der Waals surface area (Å²) in [5, 5.41) is 0. The van der Waals surface area contributed by atoms with Crippen molar-refractivity contribution < 1.29 is 4.98 Å².